The second kappa shape index (κ2) is 4.96. The van der Waals surface area contributed by atoms with E-state index in [1.165, 1.54) is 0 Å². The number of hydrogen-bond acceptors (Lipinski definition) is 1. The van der Waals surface area contributed by atoms with Gasteiger partial charge < -0.3 is 5.73 Å². The minimum Gasteiger partial charge on any atom is -0.324 e. The van der Waals surface area contributed by atoms with Crippen LogP contribution in [-0.2, 0) is 0 Å². The average Bonchev–Trinajstić information content (AvgIpc) is 2.01. The van der Waals surface area contributed by atoms with Crippen molar-refractivity contribution in [2.75, 3.05) is 0 Å². The molecule has 1 nitrogen and oxygen atoms in total. The summed E-state index contributed by atoms with van der Waals surface area (Å²) in [5.74, 6) is 0. The van der Waals surface area contributed by atoms with Crippen LogP contribution in [0.25, 0.3) is 0 Å². The molecule has 0 aliphatic heterocycles. The molecule has 2 N–H and O–H groups in total. The van der Waals surface area contributed by atoms with Crippen molar-refractivity contribution in [2.24, 2.45) is 5.73 Å². The van der Waals surface area contributed by atoms with Crippen LogP contribution in [0.3, 0.4) is 0 Å². The fourth-order valence-corrected chi connectivity index (χ4v) is 2.10. The Morgan fingerprint density at radius 3 is 2.79 bits per heavy atom. The second-order valence-electron chi connectivity index (χ2n) is 3.43. The molecular weight excluding hydrogens is 261 g/mol. The zero-order chi connectivity index (χ0) is 10.7. The number of hydrogen-bond donors (Lipinski definition) is 1. The maximum Gasteiger partial charge on any atom is 0.0465 e. The van der Waals surface area contributed by atoms with Crippen molar-refractivity contribution < 1.29 is 0 Å². The van der Waals surface area contributed by atoms with Gasteiger partial charge in [-0.15, -0.1) is 6.58 Å². The van der Waals surface area contributed by atoms with E-state index in [2.05, 4.69) is 22.5 Å². The lowest BCUT2D eigenvalue weighted by Crippen LogP contribution is -2.10. The fraction of sp³-hybridized carbons (Fsp3) is 0.273. The highest BCUT2D eigenvalue weighted by atomic mass is 79.9. The van der Waals surface area contributed by atoms with Gasteiger partial charge in [0.1, 0.15) is 0 Å². The number of benzene rings is 1. The molecule has 0 bridgehead atoms. The van der Waals surface area contributed by atoms with Gasteiger partial charge in [0.15, 0.2) is 0 Å². The Balaban J connectivity index is 2.90. The summed E-state index contributed by atoms with van der Waals surface area (Å²) in [7, 11) is 0. The van der Waals surface area contributed by atoms with Crippen LogP contribution in [0, 0.1) is 0 Å². The van der Waals surface area contributed by atoms with Crippen LogP contribution in [0.15, 0.2) is 34.8 Å². The third-order valence-corrected chi connectivity index (χ3v) is 2.75. The van der Waals surface area contributed by atoms with Crippen molar-refractivity contribution in [3.8, 4) is 0 Å². The van der Waals surface area contributed by atoms with Gasteiger partial charge in [-0.3, -0.25) is 0 Å². The second-order valence-corrected chi connectivity index (χ2v) is 4.76. The van der Waals surface area contributed by atoms with Crippen molar-refractivity contribution in [3.05, 3.63) is 45.4 Å². The van der Waals surface area contributed by atoms with Crippen LogP contribution in [0.4, 0.5) is 0 Å². The Bertz CT molecular complexity index is 349. The van der Waals surface area contributed by atoms with Crippen molar-refractivity contribution in [3.63, 3.8) is 0 Å². The van der Waals surface area contributed by atoms with Crippen LogP contribution in [0.5, 0.6) is 0 Å². The van der Waals surface area contributed by atoms with E-state index in [4.69, 9.17) is 17.3 Å². The standard InChI is InChI=1S/C11H13BrClN/c1-7(2)5-11(14)9-4-3-8(12)6-10(9)13/h3-4,6,11H,1,5,14H2,2H3/t11-/m0/s1. The molecule has 14 heavy (non-hydrogen) atoms. The molecule has 0 fully saturated rings. The normalized spacial score (nSPS) is 12.6. The van der Waals surface area contributed by atoms with Gasteiger partial charge in [0.25, 0.3) is 0 Å². The molecule has 1 rings (SSSR count). The third kappa shape index (κ3) is 3.12. The molecule has 0 unspecified atom stereocenters. The van der Waals surface area contributed by atoms with E-state index in [-0.39, 0.29) is 6.04 Å². The quantitative estimate of drug-likeness (QED) is 0.826. The first-order valence-corrected chi connectivity index (χ1v) is 5.52. The van der Waals surface area contributed by atoms with E-state index in [1.807, 2.05) is 25.1 Å². The summed E-state index contributed by atoms with van der Waals surface area (Å²) in [4.78, 5) is 0. The zero-order valence-electron chi connectivity index (χ0n) is 8.06. The molecule has 1 atom stereocenters. The Morgan fingerprint density at radius 2 is 2.29 bits per heavy atom. The average molecular weight is 275 g/mol. The SMILES string of the molecule is C=C(C)C[C@H](N)c1ccc(Br)cc1Cl. The molecule has 0 spiro atoms. The molecule has 0 heterocycles. The number of rotatable bonds is 3. The Kier molecular flexibility index (Phi) is 4.17. The highest BCUT2D eigenvalue weighted by molar-refractivity contribution is 9.10. The number of halogens is 2. The van der Waals surface area contributed by atoms with Crippen molar-refractivity contribution in [1.82, 2.24) is 0 Å². The maximum atomic E-state index is 6.07. The van der Waals surface area contributed by atoms with Gasteiger partial charge in [-0.1, -0.05) is 39.2 Å². The zero-order valence-corrected chi connectivity index (χ0v) is 10.4. The number of nitrogens with two attached hydrogens (primary N) is 1. The van der Waals surface area contributed by atoms with Crippen LogP contribution < -0.4 is 5.73 Å². The maximum absolute atomic E-state index is 6.07. The molecule has 76 valence electrons. The van der Waals surface area contributed by atoms with Crippen molar-refractivity contribution in [1.29, 1.82) is 0 Å². The van der Waals surface area contributed by atoms with Gasteiger partial charge in [-0.2, -0.15) is 0 Å². The highest BCUT2D eigenvalue weighted by Crippen LogP contribution is 2.28. The van der Waals surface area contributed by atoms with E-state index in [0.29, 0.717) is 5.02 Å². The topological polar surface area (TPSA) is 26.0 Å². The van der Waals surface area contributed by atoms with Gasteiger partial charge in [-0.05, 0) is 31.0 Å². The van der Waals surface area contributed by atoms with Crippen molar-refractivity contribution >= 4 is 27.5 Å². The largest absolute Gasteiger partial charge is 0.324 e. The first-order chi connectivity index (χ1) is 6.50. The molecule has 1 aromatic rings. The fourth-order valence-electron chi connectivity index (χ4n) is 1.29. The monoisotopic (exact) mass is 273 g/mol. The molecular formula is C11H13BrClN. The van der Waals surface area contributed by atoms with E-state index < -0.39 is 0 Å². The summed E-state index contributed by atoms with van der Waals surface area (Å²) in [6, 6.07) is 5.68. The smallest absolute Gasteiger partial charge is 0.0465 e. The first-order valence-electron chi connectivity index (χ1n) is 4.35. The van der Waals surface area contributed by atoms with Crippen LogP contribution >= 0.6 is 27.5 Å². The molecule has 3 heteroatoms. The third-order valence-electron chi connectivity index (χ3n) is 1.93. The molecule has 0 aliphatic carbocycles. The van der Waals surface area contributed by atoms with Gasteiger partial charge in [0.2, 0.25) is 0 Å². The summed E-state index contributed by atoms with van der Waals surface area (Å²) in [6.45, 7) is 5.80. The summed E-state index contributed by atoms with van der Waals surface area (Å²) < 4.78 is 0.966. The Labute approximate surface area is 98.1 Å². The summed E-state index contributed by atoms with van der Waals surface area (Å²) >= 11 is 9.42. The van der Waals surface area contributed by atoms with E-state index in [0.717, 1.165) is 22.0 Å². The summed E-state index contributed by atoms with van der Waals surface area (Å²) in [5, 5.41) is 0.702. The highest BCUT2D eigenvalue weighted by Gasteiger charge is 2.10. The molecule has 0 amide bonds. The molecule has 1 aromatic carbocycles. The Morgan fingerprint density at radius 1 is 1.64 bits per heavy atom. The van der Waals surface area contributed by atoms with Crippen LogP contribution in [0.1, 0.15) is 24.9 Å². The molecule has 0 aliphatic rings. The lowest BCUT2D eigenvalue weighted by atomic mass is 10.0. The minimum absolute atomic E-state index is 0.0619. The summed E-state index contributed by atoms with van der Waals surface area (Å²) in [5.41, 5.74) is 8.02. The van der Waals surface area contributed by atoms with Gasteiger partial charge in [-0.25, -0.2) is 0 Å². The molecule has 0 saturated heterocycles. The van der Waals surface area contributed by atoms with Crippen LogP contribution in [0.2, 0.25) is 5.02 Å². The predicted molar refractivity (Wildman–Crippen MR) is 65.5 cm³/mol. The molecule has 0 aromatic heterocycles. The van der Waals surface area contributed by atoms with Gasteiger partial charge >= 0.3 is 0 Å². The first kappa shape index (κ1) is 11.8. The van der Waals surface area contributed by atoms with E-state index in [1.54, 1.807) is 0 Å². The predicted octanol–water partition coefficient (Wildman–Crippen LogP) is 4.07. The van der Waals surface area contributed by atoms with Crippen molar-refractivity contribution in [2.45, 2.75) is 19.4 Å². The minimum atomic E-state index is -0.0619. The van der Waals surface area contributed by atoms with Gasteiger partial charge in [0.05, 0.1) is 0 Å². The Hall–Kier alpha value is -0.310. The lowest BCUT2D eigenvalue weighted by molar-refractivity contribution is 0.717. The van der Waals surface area contributed by atoms with E-state index >= 15 is 0 Å². The lowest BCUT2D eigenvalue weighted by Gasteiger charge is -2.13. The summed E-state index contributed by atoms with van der Waals surface area (Å²) in [6.07, 6.45) is 0.765. The van der Waals surface area contributed by atoms with E-state index in [9.17, 15) is 0 Å². The molecule has 0 radical (unpaired) electrons. The van der Waals surface area contributed by atoms with Gasteiger partial charge in [0, 0.05) is 15.5 Å². The molecule has 0 saturated carbocycles. The van der Waals surface area contributed by atoms with Crippen LogP contribution in [-0.4, -0.2) is 0 Å².